The largest absolute Gasteiger partial charge is 0.465 e. The average molecular weight is 302 g/mol. The fourth-order valence-corrected chi connectivity index (χ4v) is 2.60. The first-order valence-corrected chi connectivity index (χ1v) is 7.49. The maximum Gasteiger partial charge on any atom is 0.337 e. The summed E-state index contributed by atoms with van der Waals surface area (Å²) in [5, 5.41) is 8.44. The van der Waals surface area contributed by atoms with Gasteiger partial charge in [0, 0.05) is 12.5 Å². The van der Waals surface area contributed by atoms with Gasteiger partial charge in [0.2, 0.25) is 0 Å². The van der Waals surface area contributed by atoms with Crippen molar-refractivity contribution in [2.45, 2.75) is 39.2 Å². The van der Waals surface area contributed by atoms with Crippen LogP contribution in [0.2, 0.25) is 0 Å². The molecule has 0 bridgehead atoms. The Kier molecular flexibility index (Phi) is 5.27. The van der Waals surface area contributed by atoms with Crippen LogP contribution in [-0.2, 0) is 11.3 Å². The summed E-state index contributed by atoms with van der Waals surface area (Å²) >= 11 is 0. The molecule has 0 amide bonds. The number of nitrogens with zero attached hydrogens (tertiary/aromatic N) is 3. The fourth-order valence-electron chi connectivity index (χ4n) is 2.60. The number of nitrogens with two attached hydrogens (primary N) is 1. The predicted molar refractivity (Wildman–Crippen MR) is 83.9 cm³/mol. The van der Waals surface area contributed by atoms with Crippen LogP contribution in [0.4, 0.5) is 0 Å². The molecule has 6 nitrogen and oxygen atoms in total. The third kappa shape index (κ3) is 3.01. The number of rotatable bonds is 6. The smallest absolute Gasteiger partial charge is 0.337 e. The summed E-state index contributed by atoms with van der Waals surface area (Å²) in [4.78, 5) is 11.5. The first-order chi connectivity index (χ1) is 10.7. The van der Waals surface area contributed by atoms with Crippen molar-refractivity contribution in [1.82, 2.24) is 15.0 Å². The molecule has 2 rings (SSSR count). The van der Waals surface area contributed by atoms with Gasteiger partial charge in [-0.15, -0.1) is 5.10 Å². The van der Waals surface area contributed by atoms with Gasteiger partial charge in [-0.25, -0.2) is 9.48 Å². The van der Waals surface area contributed by atoms with Crippen LogP contribution in [0, 0.1) is 0 Å². The van der Waals surface area contributed by atoms with Crippen LogP contribution in [-0.4, -0.2) is 28.1 Å². The zero-order valence-corrected chi connectivity index (χ0v) is 13.2. The van der Waals surface area contributed by atoms with E-state index in [1.165, 1.54) is 7.11 Å². The maximum atomic E-state index is 11.5. The molecule has 0 saturated heterocycles. The first-order valence-electron chi connectivity index (χ1n) is 7.49. The summed E-state index contributed by atoms with van der Waals surface area (Å²) in [6.45, 7) is 4.66. The lowest BCUT2D eigenvalue weighted by molar-refractivity contribution is 0.0601. The summed E-state index contributed by atoms with van der Waals surface area (Å²) in [6.07, 6.45) is 1.99. The van der Waals surface area contributed by atoms with Crippen LogP contribution >= 0.6 is 0 Å². The number of esters is 1. The number of carbonyl (C=O) groups is 1. The molecule has 0 aliphatic carbocycles. The molecule has 0 spiro atoms. The Labute approximate surface area is 130 Å². The molecular formula is C16H22N4O2. The van der Waals surface area contributed by atoms with Crippen molar-refractivity contribution in [1.29, 1.82) is 0 Å². The van der Waals surface area contributed by atoms with Gasteiger partial charge >= 0.3 is 5.97 Å². The molecule has 2 N–H and O–H groups in total. The molecule has 0 aliphatic rings. The van der Waals surface area contributed by atoms with Crippen molar-refractivity contribution in [3.8, 4) is 5.69 Å². The summed E-state index contributed by atoms with van der Waals surface area (Å²) in [6, 6.07) is 7.13. The van der Waals surface area contributed by atoms with Gasteiger partial charge in [-0.2, -0.15) is 0 Å². The molecular weight excluding hydrogens is 280 g/mol. The SMILES string of the molecule is CCC(CC)c1c(CN)nnn1-c1ccc(C(=O)OC)cc1. The number of ether oxygens (including phenoxy) is 1. The highest BCUT2D eigenvalue weighted by Gasteiger charge is 2.20. The van der Waals surface area contributed by atoms with Gasteiger partial charge in [-0.3, -0.25) is 0 Å². The minimum Gasteiger partial charge on any atom is -0.465 e. The topological polar surface area (TPSA) is 83.0 Å². The van der Waals surface area contributed by atoms with Gasteiger partial charge in [0.05, 0.1) is 24.1 Å². The molecule has 22 heavy (non-hydrogen) atoms. The number of methoxy groups -OCH3 is 1. The summed E-state index contributed by atoms with van der Waals surface area (Å²) in [5.41, 5.74) is 9.04. The van der Waals surface area contributed by atoms with Crippen LogP contribution in [0.5, 0.6) is 0 Å². The van der Waals surface area contributed by atoms with E-state index < -0.39 is 0 Å². The number of benzene rings is 1. The van der Waals surface area contributed by atoms with Crippen LogP contribution in [0.1, 0.15) is 54.4 Å². The highest BCUT2D eigenvalue weighted by Crippen LogP contribution is 2.27. The van der Waals surface area contributed by atoms with Gasteiger partial charge in [0.1, 0.15) is 5.69 Å². The second-order valence-corrected chi connectivity index (χ2v) is 5.09. The quantitative estimate of drug-likeness (QED) is 0.828. The van der Waals surface area contributed by atoms with Crippen LogP contribution in [0.25, 0.3) is 5.69 Å². The molecule has 0 unspecified atom stereocenters. The van der Waals surface area contributed by atoms with Crippen molar-refractivity contribution >= 4 is 5.97 Å². The van der Waals surface area contributed by atoms with Crippen molar-refractivity contribution in [3.63, 3.8) is 0 Å². The lowest BCUT2D eigenvalue weighted by atomic mass is 9.97. The molecule has 6 heteroatoms. The van der Waals surface area contributed by atoms with E-state index in [2.05, 4.69) is 24.2 Å². The lowest BCUT2D eigenvalue weighted by Gasteiger charge is -2.16. The monoisotopic (exact) mass is 302 g/mol. The normalized spacial score (nSPS) is 11.0. The van der Waals surface area contributed by atoms with E-state index in [-0.39, 0.29) is 5.97 Å². The molecule has 1 heterocycles. The summed E-state index contributed by atoms with van der Waals surface area (Å²) in [7, 11) is 1.37. The molecule has 0 fully saturated rings. The van der Waals surface area contributed by atoms with Crippen LogP contribution in [0.3, 0.4) is 0 Å². The van der Waals surface area contributed by atoms with Crippen molar-refractivity contribution in [2.24, 2.45) is 5.73 Å². The number of aromatic nitrogens is 3. The van der Waals surface area contributed by atoms with Crippen molar-refractivity contribution in [2.75, 3.05) is 7.11 Å². The van der Waals surface area contributed by atoms with E-state index in [0.717, 1.165) is 29.9 Å². The van der Waals surface area contributed by atoms with Crippen molar-refractivity contribution < 1.29 is 9.53 Å². The van der Waals surface area contributed by atoms with Crippen LogP contribution < -0.4 is 5.73 Å². The van der Waals surface area contributed by atoms with Crippen LogP contribution in [0.15, 0.2) is 24.3 Å². The van der Waals surface area contributed by atoms with E-state index in [4.69, 9.17) is 10.5 Å². The van der Waals surface area contributed by atoms with Gasteiger partial charge in [-0.05, 0) is 37.1 Å². The summed E-state index contributed by atoms with van der Waals surface area (Å²) in [5.74, 6) is 0.00170. The summed E-state index contributed by atoms with van der Waals surface area (Å²) < 4.78 is 6.53. The second-order valence-electron chi connectivity index (χ2n) is 5.09. The van der Waals surface area contributed by atoms with Gasteiger partial charge < -0.3 is 10.5 Å². The van der Waals surface area contributed by atoms with Gasteiger partial charge in [-0.1, -0.05) is 19.1 Å². The predicted octanol–water partition coefficient (Wildman–Crippen LogP) is 2.42. The Morgan fingerprint density at radius 3 is 2.41 bits per heavy atom. The molecule has 0 aliphatic heterocycles. The van der Waals surface area contributed by atoms with E-state index in [9.17, 15) is 4.79 Å². The van der Waals surface area contributed by atoms with E-state index in [0.29, 0.717) is 18.0 Å². The second kappa shape index (κ2) is 7.17. The Hall–Kier alpha value is -2.21. The molecule has 1 aromatic carbocycles. The Morgan fingerprint density at radius 1 is 1.27 bits per heavy atom. The zero-order chi connectivity index (χ0) is 16.1. The fraction of sp³-hybridized carbons (Fsp3) is 0.438. The standard InChI is InChI=1S/C16H22N4O2/c1-4-11(5-2)15-14(10-17)18-19-20(15)13-8-6-12(7-9-13)16(21)22-3/h6-9,11H,4-5,10,17H2,1-3H3. The third-order valence-corrected chi connectivity index (χ3v) is 3.88. The Balaban J connectivity index is 2.44. The van der Waals surface area contributed by atoms with E-state index in [1.807, 2.05) is 16.8 Å². The molecule has 1 aromatic heterocycles. The minimum absolute atomic E-state index is 0.354. The van der Waals surface area contributed by atoms with Crippen molar-refractivity contribution in [3.05, 3.63) is 41.2 Å². The molecule has 2 aromatic rings. The third-order valence-electron chi connectivity index (χ3n) is 3.88. The van der Waals surface area contributed by atoms with E-state index >= 15 is 0 Å². The van der Waals surface area contributed by atoms with Gasteiger partial charge in [0.25, 0.3) is 0 Å². The number of hydrogen-bond donors (Lipinski definition) is 1. The molecule has 0 radical (unpaired) electrons. The number of hydrogen-bond acceptors (Lipinski definition) is 5. The Morgan fingerprint density at radius 2 is 1.91 bits per heavy atom. The van der Waals surface area contributed by atoms with Gasteiger partial charge in [0.15, 0.2) is 0 Å². The highest BCUT2D eigenvalue weighted by atomic mass is 16.5. The molecule has 0 atom stereocenters. The zero-order valence-electron chi connectivity index (χ0n) is 13.2. The first kappa shape index (κ1) is 16.2. The molecule has 118 valence electrons. The highest BCUT2D eigenvalue weighted by molar-refractivity contribution is 5.89. The minimum atomic E-state index is -0.354. The number of carbonyl (C=O) groups excluding carboxylic acids is 1. The van der Waals surface area contributed by atoms with E-state index in [1.54, 1.807) is 12.1 Å². The average Bonchev–Trinajstić information content (AvgIpc) is 2.99. The Bertz CT molecular complexity index is 630. The maximum absolute atomic E-state index is 11.5. The lowest BCUT2D eigenvalue weighted by Crippen LogP contribution is -2.11. The molecule has 0 saturated carbocycles.